The number of aromatic nitrogens is 6. The maximum atomic E-state index is 11.8. The zero-order valence-electron chi connectivity index (χ0n) is 9.38. The summed E-state index contributed by atoms with van der Waals surface area (Å²) < 4.78 is 2.90. The Balaban J connectivity index is 2.31. The van der Waals surface area contributed by atoms with Crippen molar-refractivity contribution < 1.29 is 0 Å². The predicted octanol–water partition coefficient (Wildman–Crippen LogP) is 0.220. The molecule has 1 N–H and O–H groups in total. The minimum absolute atomic E-state index is 0.213. The van der Waals surface area contributed by atoms with E-state index in [0.717, 1.165) is 11.4 Å². The van der Waals surface area contributed by atoms with Gasteiger partial charge >= 0.3 is 0 Å². The van der Waals surface area contributed by atoms with E-state index >= 15 is 0 Å². The molecule has 7 heteroatoms. The van der Waals surface area contributed by atoms with Gasteiger partial charge in [-0.2, -0.15) is 14.6 Å². The van der Waals surface area contributed by atoms with Crippen LogP contribution in [-0.4, -0.2) is 29.4 Å². The van der Waals surface area contributed by atoms with Gasteiger partial charge in [0.05, 0.1) is 11.8 Å². The number of fused-ring (bicyclic) bond motifs is 1. The summed E-state index contributed by atoms with van der Waals surface area (Å²) in [4.78, 5) is 20.0. The van der Waals surface area contributed by atoms with Crippen LogP contribution < -0.4 is 5.56 Å². The average Bonchev–Trinajstić information content (AvgIpc) is 2.84. The molecule has 0 atom stereocenters. The Labute approximate surface area is 95.7 Å². The van der Waals surface area contributed by atoms with Crippen molar-refractivity contribution >= 4 is 5.78 Å². The van der Waals surface area contributed by atoms with E-state index in [2.05, 4.69) is 20.2 Å². The molecule has 0 aliphatic carbocycles. The molecule has 0 saturated carbocycles. The molecule has 86 valence electrons. The molecule has 0 aromatic carbocycles. The second kappa shape index (κ2) is 3.27. The number of hydrogen-bond donors (Lipinski definition) is 1. The smallest absolute Gasteiger partial charge is 0.276 e. The molecule has 3 heterocycles. The molecule has 0 aliphatic rings. The second-order valence-electron chi connectivity index (χ2n) is 3.81. The van der Waals surface area contributed by atoms with Crippen LogP contribution in [0.2, 0.25) is 0 Å². The van der Waals surface area contributed by atoms with Gasteiger partial charge in [0.25, 0.3) is 11.3 Å². The Morgan fingerprint density at radius 3 is 2.82 bits per heavy atom. The van der Waals surface area contributed by atoms with E-state index in [1.807, 2.05) is 19.9 Å². The fourth-order valence-electron chi connectivity index (χ4n) is 1.78. The highest BCUT2D eigenvalue weighted by molar-refractivity contribution is 5.34. The number of H-pyrrole nitrogens is 1. The van der Waals surface area contributed by atoms with Gasteiger partial charge < -0.3 is 0 Å². The third kappa shape index (κ3) is 1.43. The van der Waals surface area contributed by atoms with Crippen molar-refractivity contribution in [3.63, 3.8) is 0 Å². The molecule has 3 aromatic heterocycles. The quantitative estimate of drug-likeness (QED) is 0.648. The standard InChI is InChI=1S/C10H10N6O/c1-6-3-7(2)15(14-6)8-4-9(17)16-10(13-8)11-5-12-16/h3-5H,1-2H3,(H,11,12,13). The van der Waals surface area contributed by atoms with E-state index in [1.165, 1.54) is 16.9 Å². The molecular formula is C10H10N6O. The van der Waals surface area contributed by atoms with Gasteiger partial charge in [-0.3, -0.25) is 9.89 Å². The maximum absolute atomic E-state index is 11.8. The van der Waals surface area contributed by atoms with Gasteiger partial charge in [0.1, 0.15) is 6.33 Å². The Bertz CT molecular complexity index is 750. The van der Waals surface area contributed by atoms with Crippen molar-refractivity contribution in [2.45, 2.75) is 13.8 Å². The van der Waals surface area contributed by atoms with Crippen LogP contribution >= 0.6 is 0 Å². The molecule has 0 radical (unpaired) electrons. The summed E-state index contributed by atoms with van der Waals surface area (Å²) in [7, 11) is 0. The van der Waals surface area contributed by atoms with Crippen molar-refractivity contribution in [3.8, 4) is 5.82 Å². The van der Waals surface area contributed by atoms with Crippen molar-refractivity contribution in [1.82, 2.24) is 29.4 Å². The largest absolute Gasteiger partial charge is 0.278 e. The maximum Gasteiger partial charge on any atom is 0.276 e. The van der Waals surface area contributed by atoms with Crippen molar-refractivity contribution in [3.05, 3.63) is 40.2 Å². The number of nitrogens with zero attached hydrogens (tertiary/aromatic N) is 5. The number of hydrogen-bond acceptors (Lipinski definition) is 4. The molecular weight excluding hydrogens is 220 g/mol. The van der Waals surface area contributed by atoms with E-state index in [0.29, 0.717) is 11.6 Å². The first kappa shape index (κ1) is 9.76. The lowest BCUT2D eigenvalue weighted by Gasteiger charge is -2.02. The number of aromatic amines is 1. The Kier molecular flexibility index (Phi) is 1.88. The highest BCUT2D eigenvalue weighted by Crippen LogP contribution is 2.08. The fraction of sp³-hybridized carbons (Fsp3) is 0.200. The lowest BCUT2D eigenvalue weighted by atomic mass is 10.4. The molecule has 0 aliphatic heterocycles. The predicted molar refractivity (Wildman–Crippen MR) is 60.2 cm³/mol. The van der Waals surface area contributed by atoms with E-state index in [9.17, 15) is 4.79 Å². The Morgan fingerprint density at radius 2 is 2.12 bits per heavy atom. The van der Waals surface area contributed by atoms with Crippen LogP contribution in [0.1, 0.15) is 11.4 Å². The Morgan fingerprint density at radius 1 is 1.29 bits per heavy atom. The van der Waals surface area contributed by atoms with Crippen LogP contribution in [-0.2, 0) is 0 Å². The third-order valence-corrected chi connectivity index (χ3v) is 2.48. The molecule has 0 unspecified atom stereocenters. The number of rotatable bonds is 1. The molecule has 7 nitrogen and oxygen atoms in total. The average molecular weight is 230 g/mol. The van der Waals surface area contributed by atoms with Gasteiger partial charge in [0.15, 0.2) is 5.82 Å². The first-order chi connectivity index (χ1) is 8.15. The molecule has 0 spiro atoms. The lowest BCUT2D eigenvalue weighted by molar-refractivity contribution is 0.789. The molecule has 0 saturated heterocycles. The first-order valence-electron chi connectivity index (χ1n) is 5.12. The van der Waals surface area contributed by atoms with Crippen LogP contribution in [0.3, 0.4) is 0 Å². The monoisotopic (exact) mass is 230 g/mol. The molecule has 0 fully saturated rings. The fourth-order valence-corrected chi connectivity index (χ4v) is 1.78. The minimum Gasteiger partial charge on any atom is -0.278 e. The highest BCUT2D eigenvalue weighted by Gasteiger charge is 2.09. The molecule has 0 bridgehead atoms. The highest BCUT2D eigenvalue weighted by atomic mass is 16.1. The number of aryl methyl sites for hydroxylation is 2. The summed E-state index contributed by atoms with van der Waals surface area (Å²) >= 11 is 0. The summed E-state index contributed by atoms with van der Waals surface area (Å²) in [6, 6.07) is 3.35. The summed E-state index contributed by atoms with van der Waals surface area (Å²) in [5.41, 5.74) is 1.59. The van der Waals surface area contributed by atoms with Crippen LogP contribution in [0.4, 0.5) is 0 Å². The summed E-state index contributed by atoms with van der Waals surface area (Å²) in [6.45, 7) is 3.80. The molecule has 3 aromatic rings. The van der Waals surface area contributed by atoms with Crippen LogP contribution in [0.5, 0.6) is 0 Å². The third-order valence-electron chi connectivity index (χ3n) is 2.48. The molecule has 0 amide bonds. The summed E-state index contributed by atoms with van der Waals surface area (Å²) in [6.07, 6.45) is 1.43. The van der Waals surface area contributed by atoms with Gasteiger partial charge in [-0.15, -0.1) is 0 Å². The van der Waals surface area contributed by atoms with Gasteiger partial charge in [0.2, 0.25) is 0 Å². The lowest BCUT2D eigenvalue weighted by Crippen LogP contribution is -2.17. The SMILES string of the molecule is Cc1cc(C)n(-c2cc(=O)n3[nH]cnc3n2)n1. The van der Waals surface area contributed by atoms with Gasteiger partial charge in [-0.25, -0.2) is 9.67 Å². The topological polar surface area (TPSA) is 80.9 Å². The van der Waals surface area contributed by atoms with E-state index in [4.69, 9.17) is 0 Å². The normalized spacial score (nSPS) is 11.2. The van der Waals surface area contributed by atoms with Crippen LogP contribution in [0.15, 0.2) is 23.3 Å². The van der Waals surface area contributed by atoms with Crippen molar-refractivity contribution in [2.24, 2.45) is 0 Å². The van der Waals surface area contributed by atoms with Gasteiger partial charge in [-0.05, 0) is 19.9 Å². The van der Waals surface area contributed by atoms with Gasteiger partial charge in [0, 0.05) is 5.69 Å². The van der Waals surface area contributed by atoms with Crippen LogP contribution in [0, 0.1) is 13.8 Å². The van der Waals surface area contributed by atoms with Gasteiger partial charge in [-0.1, -0.05) is 0 Å². The second-order valence-corrected chi connectivity index (χ2v) is 3.81. The van der Waals surface area contributed by atoms with E-state index < -0.39 is 0 Å². The first-order valence-corrected chi connectivity index (χ1v) is 5.12. The Hall–Kier alpha value is -2.44. The van der Waals surface area contributed by atoms with E-state index in [-0.39, 0.29) is 5.56 Å². The zero-order chi connectivity index (χ0) is 12.0. The summed E-state index contributed by atoms with van der Waals surface area (Å²) in [5.74, 6) is 0.813. The molecule has 17 heavy (non-hydrogen) atoms. The minimum atomic E-state index is -0.213. The molecule has 3 rings (SSSR count). The number of nitrogens with one attached hydrogen (secondary N) is 1. The van der Waals surface area contributed by atoms with Crippen LogP contribution in [0.25, 0.3) is 11.6 Å². The van der Waals surface area contributed by atoms with Crippen molar-refractivity contribution in [1.29, 1.82) is 0 Å². The zero-order valence-corrected chi connectivity index (χ0v) is 9.38. The van der Waals surface area contributed by atoms with E-state index in [1.54, 1.807) is 4.68 Å². The van der Waals surface area contributed by atoms with Crippen molar-refractivity contribution in [2.75, 3.05) is 0 Å². The summed E-state index contributed by atoms with van der Waals surface area (Å²) in [5, 5.41) is 6.97.